The molecule has 5 nitrogen and oxygen atoms in total. The Bertz CT molecular complexity index is 738. The zero-order valence-electron chi connectivity index (χ0n) is 11.1. The van der Waals surface area contributed by atoms with Crippen molar-refractivity contribution in [2.75, 3.05) is 0 Å². The molecule has 6 heteroatoms. The average molecular weight is 337 g/mol. The van der Waals surface area contributed by atoms with Gasteiger partial charge in [-0.05, 0) is 41.4 Å². The second-order valence-electron chi connectivity index (χ2n) is 4.59. The maximum Gasteiger partial charge on any atom is 0.272 e. The molecule has 0 unspecified atom stereocenters. The molecular weight excluding hydrogens is 324 g/mol. The van der Waals surface area contributed by atoms with E-state index in [0.717, 1.165) is 10.0 Å². The molecule has 20 heavy (non-hydrogen) atoms. The highest BCUT2D eigenvalue weighted by molar-refractivity contribution is 9.10. The van der Waals surface area contributed by atoms with Crippen molar-refractivity contribution in [3.63, 3.8) is 0 Å². The molecule has 0 N–H and O–H groups in total. The van der Waals surface area contributed by atoms with Crippen molar-refractivity contribution < 1.29 is 4.92 Å². The normalized spacial score (nSPS) is 10.6. The van der Waals surface area contributed by atoms with Gasteiger partial charge in [0.15, 0.2) is 0 Å². The molecule has 1 aromatic heterocycles. The fourth-order valence-corrected chi connectivity index (χ4v) is 2.67. The van der Waals surface area contributed by atoms with Crippen molar-refractivity contribution >= 4 is 21.6 Å². The highest BCUT2D eigenvalue weighted by Crippen LogP contribution is 2.21. The van der Waals surface area contributed by atoms with E-state index < -0.39 is 4.92 Å². The summed E-state index contributed by atoms with van der Waals surface area (Å²) in [6.07, 6.45) is 1.69. The van der Waals surface area contributed by atoms with Crippen LogP contribution in [0.15, 0.2) is 39.7 Å². The number of rotatable bonds is 3. The van der Waals surface area contributed by atoms with Gasteiger partial charge in [0.2, 0.25) is 0 Å². The number of aryl methyl sites for hydroxylation is 1. The molecule has 0 bridgehead atoms. The van der Waals surface area contributed by atoms with Crippen LogP contribution >= 0.6 is 15.9 Å². The van der Waals surface area contributed by atoms with Crippen LogP contribution in [-0.2, 0) is 6.54 Å². The molecule has 2 rings (SSSR count). The molecule has 1 aromatic carbocycles. The van der Waals surface area contributed by atoms with E-state index in [-0.39, 0.29) is 11.2 Å². The number of nitro groups is 1. The Labute approximate surface area is 124 Å². The van der Waals surface area contributed by atoms with E-state index in [9.17, 15) is 14.9 Å². The van der Waals surface area contributed by atoms with Gasteiger partial charge in [-0.1, -0.05) is 12.1 Å². The number of pyridine rings is 1. The summed E-state index contributed by atoms with van der Waals surface area (Å²) in [5, 5.41) is 10.9. The van der Waals surface area contributed by atoms with E-state index in [1.54, 1.807) is 42.8 Å². The smallest absolute Gasteiger partial charge is 0.272 e. The molecule has 0 saturated carbocycles. The first-order chi connectivity index (χ1) is 9.40. The summed E-state index contributed by atoms with van der Waals surface area (Å²) >= 11 is 3.35. The van der Waals surface area contributed by atoms with Gasteiger partial charge in [-0.3, -0.25) is 14.9 Å². The van der Waals surface area contributed by atoms with Gasteiger partial charge >= 0.3 is 0 Å². The minimum atomic E-state index is -0.409. The van der Waals surface area contributed by atoms with Crippen molar-refractivity contribution in [3.05, 3.63) is 72.1 Å². The van der Waals surface area contributed by atoms with Crippen LogP contribution in [0.1, 0.15) is 16.7 Å². The second-order valence-corrected chi connectivity index (χ2v) is 5.51. The van der Waals surface area contributed by atoms with Crippen LogP contribution in [0.2, 0.25) is 0 Å². The zero-order chi connectivity index (χ0) is 14.9. The Morgan fingerprint density at radius 3 is 2.70 bits per heavy atom. The number of aromatic nitrogens is 1. The number of benzene rings is 1. The van der Waals surface area contributed by atoms with E-state index in [1.165, 1.54) is 6.07 Å². The van der Waals surface area contributed by atoms with Crippen molar-refractivity contribution in [3.8, 4) is 0 Å². The summed E-state index contributed by atoms with van der Waals surface area (Å²) in [6, 6.07) is 6.65. The summed E-state index contributed by atoms with van der Waals surface area (Å²) in [5.41, 5.74) is 1.95. The van der Waals surface area contributed by atoms with E-state index in [1.807, 2.05) is 0 Å². The number of halogens is 1. The molecule has 0 saturated heterocycles. The molecule has 0 radical (unpaired) electrons. The number of nitro benzene ring substituents is 1. The van der Waals surface area contributed by atoms with Crippen LogP contribution in [0, 0.1) is 24.0 Å². The van der Waals surface area contributed by atoms with Crippen molar-refractivity contribution in [2.45, 2.75) is 20.4 Å². The minimum absolute atomic E-state index is 0.0715. The molecule has 0 fully saturated rings. The molecule has 0 aliphatic carbocycles. The lowest BCUT2D eigenvalue weighted by molar-refractivity contribution is -0.385. The van der Waals surface area contributed by atoms with Gasteiger partial charge in [0.05, 0.1) is 11.5 Å². The third-order valence-corrected chi connectivity index (χ3v) is 3.62. The molecule has 0 aliphatic rings. The highest BCUT2D eigenvalue weighted by atomic mass is 79.9. The van der Waals surface area contributed by atoms with Gasteiger partial charge < -0.3 is 4.57 Å². The molecule has 0 spiro atoms. The minimum Gasteiger partial charge on any atom is -0.310 e. The summed E-state index contributed by atoms with van der Waals surface area (Å²) in [5.74, 6) is 0. The molecule has 1 heterocycles. The van der Waals surface area contributed by atoms with E-state index in [0.29, 0.717) is 17.7 Å². The van der Waals surface area contributed by atoms with Crippen LogP contribution in [0.25, 0.3) is 0 Å². The predicted molar refractivity (Wildman–Crippen MR) is 80.1 cm³/mol. The molecule has 0 atom stereocenters. The second kappa shape index (κ2) is 5.58. The zero-order valence-corrected chi connectivity index (χ0v) is 12.7. The quantitative estimate of drug-likeness (QED) is 0.638. The largest absolute Gasteiger partial charge is 0.310 e. The summed E-state index contributed by atoms with van der Waals surface area (Å²) in [4.78, 5) is 22.6. The Balaban J connectivity index is 2.48. The molecular formula is C14H13BrN2O3. The van der Waals surface area contributed by atoms with Gasteiger partial charge in [-0.15, -0.1) is 0 Å². The number of hydrogen-bond acceptors (Lipinski definition) is 3. The number of hydrogen-bond donors (Lipinski definition) is 0. The van der Waals surface area contributed by atoms with Crippen molar-refractivity contribution in [1.82, 2.24) is 4.57 Å². The standard InChI is InChI=1S/C14H13BrN2O3/c1-9-6-12(15)8-16(14(9)18)7-11-4-3-5-13(10(11)2)17(19)20/h3-6,8H,7H2,1-2H3. The van der Waals surface area contributed by atoms with Gasteiger partial charge in [0.25, 0.3) is 11.2 Å². The Hall–Kier alpha value is -1.95. The van der Waals surface area contributed by atoms with Gasteiger partial charge in [0.1, 0.15) is 0 Å². The Morgan fingerprint density at radius 1 is 1.35 bits per heavy atom. The van der Waals surface area contributed by atoms with Crippen LogP contribution in [0.4, 0.5) is 5.69 Å². The van der Waals surface area contributed by atoms with E-state index >= 15 is 0 Å². The molecule has 0 amide bonds. The van der Waals surface area contributed by atoms with Crippen molar-refractivity contribution in [1.29, 1.82) is 0 Å². The summed E-state index contributed by atoms with van der Waals surface area (Å²) in [6.45, 7) is 3.75. The van der Waals surface area contributed by atoms with Crippen LogP contribution in [0.3, 0.4) is 0 Å². The Morgan fingerprint density at radius 2 is 2.05 bits per heavy atom. The van der Waals surface area contributed by atoms with Crippen LogP contribution in [-0.4, -0.2) is 9.49 Å². The van der Waals surface area contributed by atoms with Crippen molar-refractivity contribution in [2.24, 2.45) is 0 Å². The third-order valence-electron chi connectivity index (χ3n) is 3.19. The van der Waals surface area contributed by atoms with Gasteiger partial charge in [-0.25, -0.2) is 0 Å². The molecule has 104 valence electrons. The fraction of sp³-hybridized carbons (Fsp3) is 0.214. The molecule has 0 aliphatic heterocycles. The lowest BCUT2D eigenvalue weighted by atomic mass is 10.1. The first-order valence-corrected chi connectivity index (χ1v) is 6.79. The third kappa shape index (κ3) is 2.80. The monoisotopic (exact) mass is 336 g/mol. The highest BCUT2D eigenvalue weighted by Gasteiger charge is 2.14. The van der Waals surface area contributed by atoms with Crippen LogP contribution in [0.5, 0.6) is 0 Å². The predicted octanol–water partition coefficient (Wildman–Crippen LogP) is 3.18. The van der Waals surface area contributed by atoms with Gasteiger partial charge in [0, 0.05) is 27.9 Å². The maximum absolute atomic E-state index is 12.1. The fourth-order valence-electron chi connectivity index (χ4n) is 2.08. The summed E-state index contributed by atoms with van der Waals surface area (Å²) < 4.78 is 2.35. The SMILES string of the molecule is Cc1c(Cn2cc(Br)cc(C)c2=O)cccc1[N+](=O)[O-]. The Kier molecular flexibility index (Phi) is 4.04. The molecule has 2 aromatic rings. The first-order valence-electron chi connectivity index (χ1n) is 5.99. The first kappa shape index (κ1) is 14.5. The lowest BCUT2D eigenvalue weighted by Crippen LogP contribution is -2.22. The topological polar surface area (TPSA) is 65.1 Å². The van der Waals surface area contributed by atoms with E-state index in [4.69, 9.17) is 0 Å². The number of nitrogens with zero attached hydrogens (tertiary/aromatic N) is 2. The summed E-state index contributed by atoms with van der Waals surface area (Å²) in [7, 11) is 0. The average Bonchev–Trinajstić information content (AvgIpc) is 2.37. The maximum atomic E-state index is 12.1. The van der Waals surface area contributed by atoms with Gasteiger partial charge in [-0.2, -0.15) is 0 Å². The van der Waals surface area contributed by atoms with Crippen LogP contribution < -0.4 is 5.56 Å². The van der Waals surface area contributed by atoms with E-state index in [2.05, 4.69) is 15.9 Å². The lowest BCUT2D eigenvalue weighted by Gasteiger charge is -2.10.